The lowest BCUT2D eigenvalue weighted by molar-refractivity contribution is -0.0279. The van der Waals surface area contributed by atoms with Crippen molar-refractivity contribution < 1.29 is 4.74 Å². The fourth-order valence-electron chi connectivity index (χ4n) is 2.27. The lowest BCUT2D eigenvalue weighted by Gasteiger charge is -2.39. The number of pyridine rings is 1. The second-order valence-corrected chi connectivity index (χ2v) is 6.79. The van der Waals surface area contributed by atoms with Crippen LogP contribution in [0, 0.1) is 0 Å². The van der Waals surface area contributed by atoms with Gasteiger partial charge in [-0.25, -0.2) is 4.98 Å². The highest BCUT2D eigenvalue weighted by molar-refractivity contribution is 5.48. The Hall–Kier alpha value is -1.29. The first-order valence-corrected chi connectivity index (χ1v) is 6.89. The van der Waals surface area contributed by atoms with E-state index in [1.807, 2.05) is 6.07 Å². The first-order chi connectivity index (χ1) is 8.75. The van der Waals surface area contributed by atoms with Gasteiger partial charge < -0.3 is 15.0 Å². The molecule has 0 radical (unpaired) electrons. The Bertz CT molecular complexity index is 437. The first-order valence-electron chi connectivity index (χ1n) is 6.89. The third-order valence-electron chi connectivity index (χ3n) is 2.99. The van der Waals surface area contributed by atoms with Crippen molar-refractivity contribution in [3.8, 4) is 0 Å². The van der Waals surface area contributed by atoms with Crippen molar-refractivity contribution in [3.05, 3.63) is 18.2 Å². The molecule has 2 rings (SSSR count). The van der Waals surface area contributed by atoms with Crippen LogP contribution in [0.2, 0.25) is 0 Å². The number of nitrogens with zero attached hydrogens (tertiary/aromatic N) is 2. The van der Waals surface area contributed by atoms with Crippen LogP contribution in [0.15, 0.2) is 18.2 Å². The fourth-order valence-corrected chi connectivity index (χ4v) is 2.27. The van der Waals surface area contributed by atoms with E-state index in [9.17, 15) is 0 Å². The van der Waals surface area contributed by atoms with E-state index in [0.717, 1.165) is 31.3 Å². The number of nitrogens with one attached hydrogen (secondary N) is 1. The average molecular weight is 263 g/mol. The van der Waals surface area contributed by atoms with Gasteiger partial charge in [0.1, 0.15) is 11.6 Å². The number of hydrogen-bond acceptors (Lipinski definition) is 4. The molecule has 106 valence electrons. The molecule has 4 heteroatoms. The zero-order valence-electron chi connectivity index (χ0n) is 12.7. The van der Waals surface area contributed by atoms with Crippen molar-refractivity contribution in [2.45, 2.75) is 45.8 Å². The Morgan fingerprint density at radius 2 is 2.05 bits per heavy atom. The van der Waals surface area contributed by atoms with Gasteiger partial charge >= 0.3 is 0 Å². The first kappa shape index (κ1) is 14.1. The fraction of sp³-hybridized carbons (Fsp3) is 0.667. The Labute approximate surface area is 116 Å². The Morgan fingerprint density at radius 1 is 1.32 bits per heavy atom. The predicted molar refractivity (Wildman–Crippen MR) is 79.9 cm³/mol. The van der Waals surface area contributed by atoms with Crippen LogP contribution in [0.25, 0.3) is 0 Å². The van der Waals surface area contributed by atoms with Crippen molar-refractivity contribution in [3.63, 3.8) is 0 Å². The summed E-state index contributed by atoms with van der Waals surface area (Å²) in [6, 6.07) is 6.13. The van der Waals surface area contributed by atoms with E-state index in [4.69, 9.17) is 9.72 Å². The van der Waals surface area contributed by atoms with Gasteiger partial charge in [-0.15, -0.1) is 0 Å². The quantitative estimate of drug-likeness (QED) is 0.890. The van der Waals surface area contributed by atoms with Crippen molar-refractivity contribution >= 4 is 11.6 Å². The standard InChI is InChI=1S/C15H25N3O/c1-14(2,3)17-12-7-6-8-13(16-12)18-9-10-19-15(4,5)11-18/h6-8H,9-11H2,1-5H3,(H,16,17). The molecule has 0 amide bonds. The largest absolute Gasteiger partial charge is 0.372 e. The molecule has 0 spiro atoms. The lowest BCUT2D eigenvalue weighted by atomic mass is 10.1. The minimum Gasteiger partial charge on any atom is -0.372 e. The minimum absolute atomic E-state index is 0.0237. The third-order valence-corrected chi connectivity index (χ3v) is 2.99. The number of rotatable bonds is 2. The molecule has 0 unspecified atom stereocenters. The van der Waals surface area contributed by atoms with Crippen LogP contribution >= 0.6 is 0 Å². The van der Waals surface area contributed by atoms with Gasteiger partial charge in [-0.1, -0.05) is 6.07 Å². The van der Waals surface area contributed by atoms with Crippen molar-refractivity contribution in [1.82, 2.24) is 4.98 Å². The highest BCUT2D eigenvalue weighted by atomic mass is 16.5. The van der Waals surface area contributed by atoms with Crippen LogP contribution in [0.3, 0.4) is 0 Å². The van der Waals surface area contributed by atoms with Crippen molar-refractivity contribution in [2.24, 2.45) is 0 Å². The minimum atomic E-state index is -0.104. The Balaban J connectivity index is 2.14. The molecule has 0 saturated carbocycles. The van der Waals surface area contributed by atoms with E-state index in [0.29, 0.717) is 0 Å². The SMILES string of the molecule is CC(C)(C)Nc1cccc(N2CCOC(C)(C)C2)n1. The molecule has 1 aliphatic heterocycles. The number of morpholine rings is 1. The summed E-state index contributed by atoms with van der Waals surface area (Å²) in [4.78, 5) is 7.00. The molecule has 0 aromatic carbocycles. The van der Waals surface area contributed by atoms with Gasteiger partial charge in [-0.05, 0) is 46.8 Å². The summed E-state index contributed by atoms with van der Waals surface area (Å²) in [5, 5.41) is 3.41. The number of ether oxygens (including phenoxy) is 1. The lowest BCUT2D eigenvalue weighted by Crippen LogP contribution is -2.48. The van der Waals surface area contributed by atoms with Gasteiger partial charge in [0.15, 0.2) is 0 Å². The summed E-state index contributed by atoms with van der Waals surface area (Å²) in [5.41, 5.74) is -0.0801. The molecule has 0 aliphatic carbocycles. The second kappa shape index (κ2) is 5.00. The predicted octanol–water partition coefficient (Wildman–Crippen LogP) is 2.91. The van der Waals surface area contributed by atoms with Crippen LogP contribution in [-0.4, -0.2) is 35.8 Å². The smallest absolute Gasteiger partial charge is 0.131 e. The average Bonchev–Trinajstić information content (AvgIpc) is 2.25. The summed E-state index contributed by atoms with van der Waals surface area (Å²) in [6.07, 6.45) is 0. The second-order valence-electron chi connectivity index (χ2n) is 6.79. The molecular weight excluding hydrogens is 238 g/mol. The van der Waals surface area contributed by atoms with Crippen molar-refractivity contribution in [2.75, 3.05) is 29.9 Å². The number of anilines is 2. The molecule has 0 atom stereocenters. The van der Waals surface area contributed by atoms with Gasteiger partial charge in [0.25, 0.3) is 0 Å². The molecule has 0 bridgehead atoms. The van der Waals surface area contributed by atoms with Crippen LogP contribution in [-0.2, 0) is 4.74 Å². The zero-order valence-corrected chi connectivity index (χ0v) is 12.7. The molecule has 19 heavy (non-hydrogen) atoms. The monoisotopic (exact) mass is 263 g/mol. The molecule has 4 nitrogen and oxygen atoms in total. The molecule has 1 aromatic rings. The molecule has 1 N–H and O–H groups in total. The van der Waals surface area contributed by atoms with Crippen LogP contribution in [0.4, 0.5) is 11.6 Å². The van der Waals surface area contributed by atoms with Crippen molar-refractivity contribution in [1.29, 1.82) is 0 Å². The van der Waals surface area contributed by atoms with E-state index in [2.05, 4.69) is 57.0 Å². The topological polar surface area (TPSA) is 37.4 Å². The van der Waals surface area contributed by atoms with Gasteiger partial charge in [0.2, 0.25) is 0 Å². The summed E-state index contributed by atoms with van der Waals surface area (Å²) in [7, 11) is 0. The molecule has 1 aromatic heterocycles. The van der Waals surface area contributed by atoms with Gasteiger partial charge in [-0.2, -0.15) is 0 Å². The normalized spacial score (nSPS) is 19.3. The van der Waals surface area contributed by atoms with Gasteiger partial charge in [-0.3, -0.25) is 0 Å². The van der Waals surface area contributed by atoms with E-state index < -0.39 is 0 Å². The Morgan fingerprint density at radius 3 is 2.68 bits per heavy atom. The summed E-state index contributed by atoms with van der Waals surface area (Å²) in [5.74, 6) is 1.94. The van der Waals surface area contributed by atoms with Crippen LogP contribution in [0.1, 0.15) is 34.6 Å². The molecule has 1 saturated heterocycles. The summed E-state index contributed by atoms with van der Waals surface area (Å²) < 4.78 is 5.74. The summed E-state index contributed by atoms with van der Waals surface area (Å²) in [6.45, 7) is 13.2. The van der Waals surface area contributed by atoms with E-state index in [1.165, 1.54) is 0 Å². The molecular formula is C15H25N3O. The van der Waals surface area contributed by atoms with E-state index in [-0.39, 0.29) is 11.1 Å². The molecule has 2 heterocycles. The van der Waals surface area contributed by atoms with E-state index >= 15 is 0 Å². The highest BCUT2D eigenvalue weighted by Gasteiger charge is 2.28. The van der Waals surface area contributed by atoms with E-state index in [1.54, 1.807) is 0 Å². The maximum Gasteiger partial charge on any atom is 0.131 e. The Kier molecular flexibility index (Phi) is 3.72. The zero-order chi connectivity index (χ0) is 14.1. The highest BCUT2D eigenvalue weighted by Crippen LogP contribution is 2.23. The molecule has 1 fully saturated rings. The number of aromatic nitrogens is 1. The van der Waals surface area contributed by atoms with Gasteiger partial charge in [0, 0.05) is 18.6 Å². The van der Waals surface area contributed by atoms with Crippen LogP contribution < -0.4 is 10.2 Å². The molecule has 1 aliphatic rings. The third kappa shape index (κ3) is 4.10. The van der Waals surface area contributed by atoms with Gasteiger partial charge in [0.05, 0.1) is 12.2 Å². The maximum absolute atomic E-state index is 5.74. The summed E-state index contributed by atoms with van der Waals surface area (Å²) >= 11 is 0. The number of hydrogen-bond donors (Lipinski definition) is 1. The maximum atomic E-state index is 5.74. The van der Waals surface area contributed by atoms with Crippen LogP contribution in [0.5, 0.6) is 0 Å².